The number of nitrogen functional groups attached to an aromatic ring is 1. The van der Waals surface area contributed by atoms with Crippen LogP contribution < -0.4 is 5.73 Å². The van der Waals surface area contributed by atoms with Gasteiger partial charge in [-0.15, -0.1) is 0 Å². The summed E-state index contributed by atoms with van der Waals surface area (Å²) in [4.78, 5) is 19.9. The molecule has 5 heterocycles. The molecule has 2 aliphatic rings. The minimum absolute atomic E-state index is 0.105. The Hall–Kier alpha value is -3.60. The van der Waals surface area contributed by atoms with Gasteiger partial charge >= 0.3 is 14.4 Å². The fraction of sp³-hybridized carbons (Fsp3) is 0.409. The molecule has 0 bridgehead atoms. The van der Waals surface area contributed by atoms with E-state index in [1.807, 2.05) is 12.1 Å². The standard InChI is InChI=1S/C22H23N6O8P/c1-31-15(13-4-7-25-8-5-13)6-9-32-37(30)33-10-16-18-19(35-21(29)34-18)22(11-23,36-16)17-3-2-14-20(24)26-12-27-28(14)17/h2-5,7-8,12,15-16,18-19,37H,6,9-10H2,1H3,(H2,24,26,27)/t15-,16+,18+,19+,22-/m0/s1. The number of carbonyl (C=O) groups is 1. The number of aromatic nitrogens is 4. The number of nitriles is 1. The summed E-state index contributed by atoms with van der Waals surface area (Å²) in [6.07, 6.45) is 0.664. The molecule has 14 nitrogen and oxygen atoms in total. The van der Waals surface area contributed by atoms with E-state index in [2.05, 4.69) is 21.1 Å². The van der Waals surface area contributed by atoms with Crippen LogP contribution in [0.3, 0.4) is 0 Å². The number of nitrogens with two attached hydrogens (primary N) is 1. The van der Waals surface area contributed by atoms with Gasteiger partial charge in [0.25, 0.3) is 0 Å². The van der Waals surface area contributed by atoms with E-state index in [4.69, 9.17) is 33.7 Å². The zero-order chi connectivity index (χ0) is 26.0. The molecule has 2 aliphatic heterocycles. The van der Waals surface area contributed by atoms with Gasteiger partial charge in [-0.2, -0.15) is 10.4 Å². The number of nitrogens with zero attached hydrogens (tertiary/aromatic N) is 5. The van der Waals surface area contributed by atoms with Crippen molar-refractivity contribution in [3.05, 3.63) is 54.2 Å². The summed E-state index contributed by atoms with van der Waals surface area (Å²) in [7, 11) is -1.38. The Morgan fingerprint density at radius 1 is 1.27 bits per heavy atom. The summed E-state index contributed by atoms with van der Waals surface area (Å²) in [5.74, 6) is 0.193. The van der Waals surface area contributed by atoms with Gasteiger partial charge in [0.15, 0.2) is 18.0 Å². The molecule has 3 aromatic rings. The molecule has 2 fully saturated rings. The van der Waals surface area contributed by atoms with E-state index in [-0.39, 0.29) is 30.8 Å². The molecule has 1 unspecified atom stereocenters. The lowest BCUT2D eigenvalue weighted by molar-refractivity contribution is -0.0792. The largest absolute Gasteiger partial charge is 0.509 e. The van der Waals surface area contributed by atoms with Crippen molar-refractivity contribution in [2.75, 3.05) is 26.1 Å². The Morgan fingerprint density at radius 2 is 2.08 bits per heavy atom. The van der Waals surface area contributed by atoms with E-state index in [0.29, 0.717) is 11.9 Å². The SMILES string of the molecule is CO[C@@H](CCO[PH](=O)OC[C@H]1O[C@@](C#N)(c2ccc3c(N)ncnn23)[C@@H]2OC(=O)O[C@@H]21)c1ccncc1. The Balaban J connectivity index is 1.25. The molecule has 194 valence electrons. The quantitative estimate of drug-likeness (QED) is 0.297. The van der Waals surface area contributed by atoms with Crippen molar-refractivity contribution in [1.29, 1.82) is 5.26 Å². The average molecular weight is 530 g/mol. The van der Waals surface area contributed by atoms with E-state index < -0.39 is 38.3 Å². The molecule has 2 saturated heterocycles. The van der Waals surface area contributed by atoms with Gasteiger partial charge < -0.3 is 33.7 Å². The Kier molecular flexibility index (Phi) is 7.05. The van der Waals surface area contributed by atoms with Gasteiger partial charge in [-0.1, -0.05) is 0 Å². The predicted octanol–water partition coefficient (Wildman–Crippen LogP) is 1.93. The highest BCUT2D eigenvalue weighted by Crippen LogP contribution is 2.46. The first-order valence-corrected chi connectivity index (χ1v) is 12.5. The van der Waals surface area contributed by atoms with Gasteiger partial charge in [-0.25, -0.2) is 14.3 Å². The van der Waals surface area contributed by atoms with Crippen LogP contribution in [0, 0.1) is 11.3 Å². The molecule has 0 saturated carbocycles. The molecule has 5 rings (SSSR count). The third kappa shape index (κ3) is 4.63. The molecule has 0 radical (unpaired) electrons. The first kappa shape index (κ1) is 25.1. The second-order valence-corrected chi connectivity index (χ2v) is 9.32. The maximum atomic E-state index is 12.4. The zero-order valence-electron chi connectivity index (χ0n) is 19.6. The minimum atomic E-state index is -2.94. The first-order valence-electron chi connectivity index (χ1n) is 11.2. The average Bonchev–Trinajstić information content (AvgIpc) is 3.59. The fourth-order valence-corrected chi connectivity index (χ4v) is 5.15. The van der Waals surface area contributed by atoms with E-state index in [1.54, 1.807) is 31.6 Å². The molecule has 15 heteroatoms. The zero-order valence-corrected chi connectivity index (χ0v) is 20.6. The van der Waals surface area contributed by atoms with Crippen LogP contribution in [0.4, 0.5) is 10.6 Å². The summed E-state index contributed by atoms with van der Waals surface area (Å²) in [6.45, 7) is -0.175. The summed E-state index contributed by atoms with van der Waals surface area (Å²) in [5.41, 5.74) is 5.74. The lowest BCUT2D eigenvalue weighted by Gasteiger charge is -2.24. The van der Waals surface area contributed by atoms with Gasteiger partial charge in [-0.3, -0.25) is 9.55 Å². The van der Waals surface area contributed by atoms with Gasteiger partial charge in [0.05, 0.1) is 25.0 Å². The number of rotatable bonds is 10. The third-order valence-corrected chi connectivity index (χ3v) is 7.06. The predicted molar refractivity (Wildman–Crippen MR) is 124 cm³/mol. The smallest absolute Gasteiger partial charge is 0.424 e. The second kappa shape index (κ2) is 10.4. The van der Waals surface area contributed by atoms with Gasteiger partial charge in [0.1, 0.15) is 24.0 Å². The van der Waals surface area contributed by atoms with Crippen LogP contribution in [0.15, 0.2) is 43.0 Å². The number of hydrogen-bond acceptors (Lipinski definition) is 13. The first-order chi connectivity index (χ1) is 18.0. The summed E-state index contributed by atoms with van der Waals surface area (Å²) in [5, 5.41) is 14.3. The molecule has 37 heavy (non-hydrogen) atoms. The van der Waals surface area contributed by atoms with Crippen molar-refractivity contribution in [2.24, 2.45) is 0 Å². The third-order valence-electron chi connectivity index (χ3n) is 6.21. The number of anilines is 1. The number of methoxy groups -OCH3 is 1. The molecule has 0 aliphatic carbocycles. The van der Waals surface area contributed by atoms with Crippen LogP contribution in [-0.4, -0.2) is 64.4 Å². The Morgan fingerprint density at radius 3 is 2.84 bits per heavy atom. The summed E-state index contributed by atoms with van der Waals surface area (Å²) < 4.78 is 46.6. The summed E-state index contributed by atoms with van der Waals surface area (Å²) >= 11 is 0. The molecular formula is C22H23N6O8P. The van der Waals surface area contributed by atoms with Crippen LogP contribution in [0.2, 0.25) is 0 Å². The molecule has 0 aromatic carbocycles. The summed E-state index contributed by atoms with van der Waals surface area (Å²) in [6, 6.07) is 8.94. The number of carbonyl (C=O) groups excluding carboxylic acids is 1. The van der Waals surface area contributed by atoms with E-state index in [1.165, 1.54) is 10.8 Å². The second-order valence-electron chi connectivity index (χ2n) is 8.24. The number of pyridine rings is 1. The van der Waals surface area contributed by atoms with Crippen LogP contribution in [-0.2, 0) is 38.2 Å². The Bertz CT molecular complexity index is 1350. The molecule has 2 N–H and O–H groups in total. The van der Waals surface area contributed by atoms with Crippen molar-refractivity contribution in [3.8, 4) is 6.07 Å². The number of fused-ring (bicyclic) bond motifs is 2. The van der Waals surface area contributed by atoms with Crippen LogP contribution >= 0.6 is 8.25 Å². The van der Waals surface area contributed by atoms with Gasteiger partial charge in [-0.05, 0) is 29.8 Å². The minimum Gasteiger partial charge on any atom is -0.424 e. The Labute approximate surface area is 211 Å². The van der Waals surface area contributed by atoms with Crippen LogP contribution in [0.25, 0.3) is 5.52 Å². The van der Waals surface area contributed by atoms with E-state index in [9.17, 15) is 14.6 Å². The monoisotopic (exact) mass is 530 g/mol. The van der Waals surface area contributed by atoms with Crippen molar-refractivity contribution < 1.29 is 37.4 Å². The van der Waals surface area contributed by atoms with Crippen molar-refractivity contribution in [1.82, 2.24) is 19.6 Å². The van der Waals surface area contributed by atoms with Gasteiger partial charge in [0, 0.05) is 25.9 Å². The lowest BCUT2D eigenvalue weighted by atomic mass is 9.92. The lowest BCUT2D eigenvalue weighted by Crippen LogP contribution is -2.39. The highest BCUT2D eigenvalue weighted by Gasteiger charge is 2.65. The van der Waals surface area contributed by atoms with Crippen molar-refractivity contribution in [2.45, 2.75) is 36.4 Å². The normalized spacial score (nSPS) is 26.3. The fourth-order valence-electron chi connectivity index (χ4n) is 4.49. The highest BCUT2D eigenvalue weighted by molar-refractivity contribution is 7.33. The van der Waals surface area contributed by atoms with E-state index >= 15 is 0 Å². The molecule has 0 spiro atoms. The van der Waals surface area contributed by atoms with E-state index in [0.717, 1.165) is 5.56 Å². The number of ether oxygens (including phenoxy) is 4. The van der Waals surface area contributed by atoms with Gasteiger partial charge in [0.2, 0.25) is 5.60 Å². The maximum Gasteiger partial charge on any atom is 0.509 e. The van der Waals surface area contributed by atoms with Crippen molar-refractivity contribution in [3.63, 3.8) is 0 Å². The topological polar surface area (TPSA) is 182 Å². The molecular weight excluding hydrogens is 507 g/mol. The number of hydrogen-bond donors (Lipinski definition) is 1. The van der Waals surface area contributed by atoms with Crippen LogP contribution in [0.5, 0.6) is 0 Å². The molecule has 6 atom stereocenters. The highest BCUT2D eigenvalue weighted by atomic mass is 31.1. The maximum absolute atomic E-state index is 12.4. The van der Waals surface area contributed by atoms with Crippen LogP contribution in [0.1, 0.15) is 23.8 Å². The van der Waals surface area contributed by atoms with Crippen molar-refractivity contribution >= 4 is 25.7 Å². The molecule has 3 aromatic heterocycles. The molecule has 0 amide bonds.